The normalized spacial score (nSPS) is 17.9. The molecule has 2 N–H and O–H groups in total. The second-order valence-corrected chi connectivity index (χ2v) is 3.93. The van der Waals surface area contributed by atoms with Crippen molar-refractivity contribution in [2.24, 2.45) is 0 Å². The van der Waals surface area contributed by atoms with Crippen LogP contribution >= 0.6 is 0 Å². The Kier molecular flexibility index (Phi) is 3.08. The molecular weight excluding hydrogens is 222 g/mol. The van der Waals surface area contributed by atoms with E-state index in [2.05, 4.69) is 5.32 Å². The molecule has 0 spiro atoms. The number of ether oxygens (including phenoxy) is 2. The Bertz CT molecular complexity index is 444. The number of carboxylic acids is 1. The summed E-state index contributed by atoms with van der Waals surface area (Å²) in [5.74, 6) is 0.548. The molecule has 2 rings (SSSR count). The van der Waals surface area contributed by atoms with Crippen LogP contribution in [0.1, 0.15) is 12.0 Å². The van der Waals surface area contributed by atoms with Gasteiger partial charge in [0, 0.05) is 23.4 Å². The first kappa shape index (κ1) is 11.6. The lowest BCUT2D eigenvalue weighted by Gasteiger charge is -2.26. The maximum absolute atomic E-state index is 10.9. The standard InChI is InChI=1S/C12H15NO4/c1-16-7-5-10-8(11(6-7)17-2)3-4-9(13-10)12(14)15/h5-6,9,13H,3-4H2,1-2H3,(H,14,15). The molecule has 0 saturated carbocycles. The Labute approximate surface area is 99.3 Å². The third-order valence-corrected chi connectivity index (χ3v) is 2.95. The zero-order valence-corrected chi connectivity index (χ0v) is 9.82. The quantitative estimate of drug-likeness (QED) is 0.834. The number of fused-ring (bicyclic) bond motifs is 1. The van der Waals surface area contributed by atoms with Crippen molar-refractivity contribution in [2.45, 2.75) is 18.9 Å². The van der Waals surface area contributed by atoms with E-state index in [-0.39, 0.29) is 0 Å². The van der Waals surface area contributed by atoms with Crippen molar-refractivity contribution in [3.05, 3.63) is 17.7 Å². The zero-order chi connectivity index (χ0) is 12.4. The van der Waals surface area contributed by atoms with Crippen LogP contribution in [-0.2, 0) is 11.2 Å². The number of rotatable bonds is 3. The first-order chi connectivity index (χ1) is 8.15. The van der Waals surface area contributed by atoms with Crippen LogP contribution in [0.5, 0.6) is 11.5 Å². The van der Waals surface area contributed by atoms with Crippen LogP contribution in [0.25, 0.3) is 0 Å². The maximum Gasteiger partial charge on any atom is 0.326 e. The van der Waals surface area contributed by atoms with Gasteiger partial charge in [0.1, 0.15) is 17.5 Å². The van der Waals surface area contributed by atoms with E-state index in [4.69, 9.17) is 14.6 Å². The summed E-state index contributed by atoms with van der Waals surface area (Å²) in [6, 6.07) is 3.06. The highest BCUT2D eigenvalue weighted by Gasteiger charge is 2.26. The van der Waals surface area contributed by atoms with Crippen molar-refractivity contribution in [3.63, 3.8) is 0 Å². The number of nitrogens with one attached hydrogen (secondary N) is 1. The second kappa shape index (κ2) is 4.53. The second-order valence-electron chi connectivity index (χ2n) is 3.93. The van der Waals surface area contributed by atoms with E-state index in [9.17, 15) is 4.79 Å². The van der Waals surface area contributed by atoms with Gasteiger partial charge < -0.3 is 19.9 Å². The number of methoxy groups -OCH3 is 2. The Morgan fingerprint density at radius 3 is 2.76 bits per heavy atom. The van der Waals surface area contributed by atoms with E-state index in [0.717, 1.165) is 17.0 Å². The molecule has 1 aromatic rings. The van der Waals surface area contributed by atoms with E-state index in [1.54, 1.807) is 20.3 Å². The molecule has 1 aliphatic rings. The number of hydrogen-bond donors (Lipinski definition) is 2. The summed E-state index contributed by atoms with van der Waals surface area (Å²) < 4.78 is 10.4. The van der Waals surface area contributed by atoms with Crippen molar-refractivity contribution in [2.75, 3.05) is 19.5 Å². The van der Waals surface area contributed by atoms with Crippen molar-refractivity contribution in [3.8, 4) is 11.5 Å². The number of carbonyl (C=O) groups is 1. The molecule has 0 saturated heterocycles. The van der Waals surface area contributed by atoms with Crippen LogP contribution in [0.2, 0.25) is 0 Å². The molecule has 0 amide bonds. The monoisotopic (exact) mass is 237 g/mol. The van der Waals surface area contributed by atoms with Gasteiger partial charge >= 0.3 is 5.97 Å². The van der Waals surface area contributed by atoms with Crippen LogP contribution in [0.15, 0.2) is 12.1 Å². The van der Waals surface area contributed by atoms with Crippen LogP contribution in [0, 0.1) is 0 Å². The van der Waals surface area contributed by atoms with Gasteiger partial charge in [0.05, 0.1) is 14.2 Å². The lowest BCUT2D eigenvalue weighted by atomic mass is 9.97. The largest absolute Gasteiger partial charge is 0.497 e. The van der Waals surface area contributed by atoms with Gasteiger partial charge in [-0.15, -0.1) is 0 Å². The van der Waals surface area contributed by atoms with Gasteiger partial charge in [-0.2, -0.15) is 0 Å². The predicted molar refractivity (Wildman–Crippen MR) is 62.9 cm³/mol. The van der Waals surface area contributed by atoms with Crippen molar-refractivity contribution >= 4 is 11.7 Å². The average Bonchev–Trinajstić information content (AvgIpc) is 2.36. The summed E-state index contributed by atoms with van der Waals surface area (Å²) in [5, 5.41) is 12.0. The van der Waals surface area contributed by atoms with Gasteiger partial charge in [0.25, 0.3) is 0 Å². The van der Waals surface area contributed by atoms with Crippen LogP contribution in [0.4, 0.5) is 5.69 Å². The molecule has 17 heavy (non-hydrogen) atoms. The number of hydrogen-bond acceptors (Lipinski definition) is 4. The SMILES string of the molecule is COc1cc2c(c(OC)c1)CCC(C(=O)O)N2. The van der Waals surface area contributed by atoms with E-state index >= 15 is 0 Å². The number of aliphatic carboxylic acids is 1. The minimum absolute atomic E-state index is 0.542. The molecule has 0 aliphatic carbocycles. The highest BCUT2D eigenvalue weighted by atomic mass is 16.5. The molecule has 92 valence electrons. The van der Waals surface area contributed by atoms with Gasteiger partial charge in [-0.1, -0.05) is 0 Å². The number of carboxylic acid groups (broad SMARTS) is 1. The maximum atomic E-state index is 10.9. The lowest BCUT2D eigenvalue weighted by molar-refractivity contribution is -0.138. The summed E-state index contributed by atoms with van der Waals surface area (Å²) >= 11 is 0. The Morgan fingerprint density at radius 2 is 2.18 bits per heavy atom. The van der Waals surface area contributed by atoms with Crippen molar-refractivity contribution in [1.82, 2.24) is 0 Å². The minimum atomic E-state index is -0.836. The Balaban J connectivity index is 2.39. The lowest BCUT2D eigenvalue weighted by Crippen LogP contribution is -2.33. The average molecular weight is 237 g/mol. The third-order valence-electron chi connectivity index (χ3n) is 2.95. The highest BCUT2D eigenvalue weighted by Crippen LogP contribution is 2.36. The molecule has 1 heterocycles. The summed E-state index contributed by atoms with van der Waals surface area (Å²) in [4.78, 5) is 10.9. The summed E-state index contributed by atoms with van der Waals surface area (Å²) in [7, 11) is 3.16. The molecule has 0 aromatic heterocycles. The van der Waals surface area contributed by atoms with E-state index in [1.807, 2.05) is 6.07 Å². The molecule has 1 unspecified atom stereocenters. The predicted octanol–water partition coefficient (Wildman–Crippen LogP) is 1.52. The number of benzene rings is 1. The third kappa shape index (κ3) is 2.13. The first-order valence-electron chi connectivity index (χ1n) is 5.40. The molecule has 1 aromatic carbocycles. The van der Waals surface area contributed by atoms with Gasteiger partial charge in [-0.3, -0.25) is 0 Å². The Hall–Kier alpha value is -1.91. The fourth-order valence-electron chi connectivity index (χ4n) is 2.04. The molecule has 0 radical (unpaired) electrons. The topological polar surface area (TPSA) is 67.8 Å². The van der Waals surface area contributed by atoms with Gasteiger partial charge in [-0.05, 0) is 12.8 Å². The first-order valence-corrected chi connectivity index (χ1v) is 5.40. The summed E-state index contributed by atoms with van der Waals surface area (Å²) in [6.07, 6.45) is 1.25. The molecular formula is C12H15NO4. The molecule has 1 aliphatic heterocycles. The molecule has 0 fully saturated rings. The molecule has 5 heteroatoms. The molecule has 0 bridgehead atoms. The van der Waals surface area contributed by atoms with E-state index < -0.39 is 12.0 Å². The van der Waals surface area contributed by atoms with Gasteiger partial charge in [0.2, 0.25) is 0 Å². The van der Waals surface area contributed by atoms with E-state index in [1.165, 1.54) is 0 Å². The van der Waals surface area contributed by atoms with Gasteiger partial charge in [0.15, 0.2) is 0 Å². The van der Waals surface area contributed by atoms with Crippen LogP contribution < -0.4 is 14.8 Å². The van der Waals surface area contributed by atoms with Gasteiger partial charge in [-0.25, -0.2) is 4.79 Å². The van der Waals surface area contributed by atoms with Crippen LogP contribution in [-0.4, -0.2) is 31.3 Å². The highest BCUT2D eigenvalue weighted by molar-refractivity contribution is 5.79. The van der Waals surface area contributed by atoms with Crippen molar-refractivity contribution in [1.29, 1.82) is 0 Å². The minimum Gasteiger partial charge on any atom is -0.497 e. The van der Waals surface area contributed by atoms with E-state index in [0.29, 0.717) is 18.6 Å². The van der Waals surface area contributed by atoms with Crippen molar-refractivity contribution < 1.29 is 19.4 Å². The number of anilines is 1. The van der Waals surface area contributed by atoms with Crippen LogP contribution in [0.3, 0.4) is 0 Å². The fourth-order valence-corrected chi connectivity index (χ4v) is 2.04. The zero-order valence-electron chi connectivity index (χ0n) is 9.82. The summed E-state index contributed by atoms with van der Waals surface area (Å²) in [5.41, 5.74) is 1.78. The Morgan fingerprint density at radius 1 is 1.41 bits per heavy atom. The fraction of sp³-hybridized carbons (Fsp3) is 0.417. The summed E-state index contributed by atoms with van der Waals surface area (Å²) in [6.45, 7) is 0. The molecule has 5 nitrogen and oxygen atoms in total. The molecule has 1 atom stereocenters. The smallest absolute Gasteiger partial charge is 0.326 e.